The number of aliphatic hydroxyl groups is 1. The maximum Gasteiger partial charge on any atom is 0.125 e. The lowest BCUT2D eigenvalue weighted by Gasteiger charge is -2.26. The van der Waals surface area contributed by atoms with Crippen molar-refractivity contribution in [3.05, 3.63) is 30.1 Å². The predicted molar refractivity (Wildman–Crippen MR) is 64.0 cm³/mol. The monoisotopic (exact) mass is 226 g/mol. The van der Waals surface area contributed by atoms with Crippen LogP contribution in [-0.2, 0) is 0 Å². The molecular weight excluding hydrogens is 207 g/mol. The molecule has 0 aliphatic carbocycles. The molecule has 0 aromatic heterocycles. The van der Waals surface area contributed by atoms with Crippen LogP contribution >= 0.6 is 0 Å². The summed E-state index contributed by atoms with van der Waals surface area (Å²) < 4.78 is 13.0. The Labute approximate surface area is 95.7 Å². The average molecular weight is 226 g/mol. The van der Waals surface area contributed by atoms with Gasteiger partial charge in [-0.15, -0.1) is 0 Å². The van der Waals surface area contributed by atoms with E-state index in [2.05, 4.69) is 0 Å². The summed E-state index contributed by atoms with van der Waals surface area (Å²) >= 11 is 0. The summed E-state index contributed by atoms with van der Waals surface area (Å²) in [5, 5.41) is 9.75. The van der Waals surface area contributed by atoms with Crippen LogP contribution in [0.25, 0.3) is 0 Å². The number of nitrogens with zero attached hydrogens (tertiary/aromatic N) is 1. The Bertz CT molecular complexity index is 342. The van der Waals surface area contributed by atoms with Gasteiger partial charge in [0.25, 0.3) is 0 Å². The van der Waals surface area contributed by atoms with E-state index in [-0.39, 0.29) is 12.4 Å². The van der Waals surface area contributed by atoms with Gasteiger partial charge in [0.15, 0.2) is 0 Å². The molecule has 90 valence electrons. The summed E-state index contributed by atoms with van der Waals surface area (Å²) in [5.41, 5.74) is 5.37. The van der Waals surface area contributed by atoms with E-state index in [1.54, 1.807) is 13.0 Å². The first-order valence-corrected chi connectivity index (χ1v) is 5.34. The van der Waals surface area contributed by atoms with E-state index >= 15 is 0 Å². The number of halogens is 1. The second kappa shape index (κ2) is 5.27. The van der Waals surface area contributed by atoms with Crippen LogP contribution in [0.2, 0.25) is 0 Å². The van der Waals surface area contributed by atoms with Gasteiger partial charge in [0, 0.05) is 25.8 Å². The molecular formula is C12H19FN2O. The van der Waals surface area contributed by atoms with E-state index in [0.717, 1.165) is 5.69 Å². The Hall–Kier alpha value is -1.13. The Morgan fingerprint density at radius 1 is 1.50 bits per heavy atom. The van der Waals surface area contributed by atoms with Crippen molar-refractivity contribution >= 4 is 5.69 Å². The fraction of sp³-hybridized carbons (Fsp3) is 0.500. The van der Waals surface area contributed by atoms with Crippen molar-refractivity contribution in [1.82, 2.24) is 0 Å². The molecule has 0 bridgehead atoms. The first-order valence-electron chi connectivity index (χ1n) is 5.34. The zero-order valence-corrected chi connectivity index (χ0v) is 9.78. The van der Waals surface area contributed by atoms with Crippen LogP contribution in [-0.4, -0.2) is 30.8 Å². The summed E-state index contributed by atoms with van der Waals surface area (Å²) in [6.07, 6.45) is 0.552. The van der Waals surface area contributed by atoms with Crippen molar-refractivity contribution in [3.63, 3.8) is 0 Å². The zero-order valence-electron chi connectivity index (χ0n) is 9.78. The molecule has 16 heavy (non-hydrogen) atoms. The summed E-state index contributed by atoms with van der Waals surface area (Å²) in [5.74, 6) is -0.255. The molecule has 0 aliphatic rings. The van der Waals surface area contributed by atoms with E-state index in [4.69, 9.17) is 5.73 Å². The van der Waals surface area contributed by atoms with Crippen molar-refractivity contribution < 1.29 is 9.50 Å². The standard InChI is InChI=1S/C12H19FN2O/c1-12(16,9-14)6-7-15(2)11-5-3-4-10(13)8-11/h3-5,8,16H,6-7,9,14H2,1-2H3. The van der Waals surface area contributed by atoms with Crippen LogP contribution in [0.3, 0.4) is 0 Å². The number of benzene rings is 1. The van der Waals surface area contributed by atoms with Crippen LogP contribution in [0, 0.1) is 5.82 Å². The highest BCUT2D eigenvalue weighted by atomic mass is 19.1. The molecule has 0 fully saturated rings. The molecule has 0 saturated carbocycles. The van der Waals surface area contributed by atoms with Gasteiger partial charge >= 0.3 is 0 Å². The van der Waals surface area contributed by atoms with E-state index in [9.17, 15) is 9.50 Å². The first kappa shape index (κ1) is 12.9. The smallest absolute Gasteiger partial charge is 0.125 e. The van der Waals surface area contributed by atoms with Gasteiger partial charge in [-0.3, -0.25) is 0 Å². The van der Waals surface area contributed by atoms with Gasteiger partial charge in [-0.2, -0.15) is 0 Å². The second-order valence-corrected chi connectivity index (χ2v) is 4.35. The average Bonchev–Trinajstić information content (AvgIpc) is 2.26. The van der Waals surface area contributed by atoms with Crippen LogP contribution in [0.5, 0.6) is 0 Å². The Balaban J connectivity index is 2.56. The van der Waals surface area contributed by atoms with Crippen molar-refractivity contribution in [2.24, 2.45) is 5.73 Å². The Morgan fingerprint density at radius 2 is 2.19 bits per heavy atom. The normalized spacial score (nSPS) is 14.6. The lowest BCUT2D eigenvalue weighted by molar-refractivity contribution is 0.0623. The third kappa shape index (κ3) is 3.79. The molecule has 1 aromatic carbocycles. The van der Waals surface area contributed by atoms with E-state index in [1.807, 2.05) is 18.0 Å². The largest absolute Gasteiger partial charge is 0.389 e. The minimum atomic E-state index is -0.860. The Morgan fingerprint density at radius 3 is 2.75 bits per heavy atom. The third-order valence-electron chi connectivity index (χ3n) is 2.67. The summed E-state index contributed by atoms with van der Waals surface area (Å²) in [4.78, 5) is 1.90. The van der Waals surface area contributed by atoms with Gasteiger partial charge in [0.05, 0.1) is 5.60 Å². The summed E-state index contributed by atoms with van der Waals surface area (Å²) in [6.45, 7) is 2.56. The SMILES string of the molecule is CN(CCC(C)(O)CN)c1cccc(F)c1. The van der Waals surface area contributed by atoms with Crippen molar-refractivity contribution in [3.8, 4) is 0 Å². The van der Waals surface area contributed by atoms with Gasteiger partial charge in [-0.1, -0.05) is 6.07 Å². The fourth-order valence-electron chi connectivity index (χ4n) is 1.35. The minimum Gasteiger partial charge on any atom is -0.389 e. The maximum absolute atomic E-state index is 13.0. The molecule has 3 N–H and O–H groups in total. The molecule has 0 saturated heterocycles. The number of anilines is 1. The minimum absolute atomic E-state index is 0.226. The van der Waals surface area contributed by atoms with Gasteiger partial charge in [-0.25, -0.2) is 4.39 Å². The highest BCUT2D eigenvalue weighted by Gasteiger charge is 2.18. The highest BCUT2D eigenvalue weighted by molar-refractivity contribution is 5.45. The van der Waals surface area contributed by atoms with Crippen LogP contribution in [0.1, 0.15) is 13.3 Å². The Kier molecular flexibility index (Phi) is 4.26. The molecule has 1 atom stereocenters. The van der Waals surface area contributed by atoms with Gasteiger partial charge in [0.2, 0.25) is 0 Å². The first-order chi connectivity index (χ1) is 7.44. The molecule has 0 amide bonds. The molecule has 0 aliphatic heterocycles. The molecule has 0 radical (unpaired) electrons. The molecule has 0 heterocycles. The number of hydrogen-bond acceptors (Lipinski definition) is 3. The molecule has 1 unspecified atom stereocenters. The van der Waals surface area contributed by atoms with E-state index in [0.29, 0.717) is 13.0 Å². The topological polar surface area (TPSA) is 49.5 Å². The summed E-state index contributed by atoms with van der Waals surface area (Å²) in [7, 11) is 1.86. The van der Waals surface area contributed by atoms with E-state index in [1.165, 1.54) is 12.1 Å². The van der Waals surface area contributed by atoms with Crippen LogP contribution in [0.4, 0.5) is 10.1 Å². The van der Waals surface area contributed by atoms with Crippen LogP contribution < -0.4 is 10.6 Å². The number of rotatable bonds is 5. The third-order valence-corrected chi connectivity index (χ3v) is 2.67. The van der Waals surface area contributed by atoms with Crippen molar-refractivity contribution in [1.29, 1.82) is 0 Å². The number of nitrogens with two attached hydrogens (primary N) is 1. The van der Waals surface area contributed by atoms with Gasteiger partial charge in [-0.05, 0) is 31.5 Å². The zero-order chi connectivity index (χ0) is 12.2. The second-order valence-electron chi connectivity index (χ2n) is 4.35. The summed E-state index contributed by atoms with van der Waals surface area (Å²) in [6, 6.07) is 6.38. The van der Waals surface area contributed by atoms with Crippen LogP contribution in [0.15, 0.2) is 24.3 Å². The number of hydrogen-bond donors (Lipinski definition) is 2. The van der Waals surface area contributed by atoms with Gasteiger partial charge < -0.3 is 15.7 Å². The lowest BCUT2D eigenvalue weighted by atomic mass is 10.0. The lowest BCUT2D eigenvalue weighted by Crippen LogP contribution is -2.37. The predicted octanol–water partition coefficient (Wildman–Crippen LogP) is 1.36. The molecule has 1 rings (SSSR count). The van der Waals surface area contributed by atoms with Crippen molar-refractivity contribution in [2.45, 2.75) is 18.9 Å². The van der Waals surface area contributed by atoms with Crippen molar-refractivity contribution in [2.75, 3.05) is 25.0 Å². The molecule has 4 heteroatoms. The quantitative estimate of drug-likeness (QED) is 0.797. The molecule has 3 nitrogen and oxygen atoms in total. The van der Waals surface area contributed by atoms with E-state index < -0.39 is 5.60 Å². The molecule has 1 aromatic rings. The fourth-order valence-corrected chi connectivity index (χ4v) is 1.35. The molecule has 0 spiro atoms. The maximum atomic E-state index is 13.0. The van der Waals surface area contributed by atoms with Gasteiger partial charge in [0.1, 0.15) is 5.82 Å². The highest BCUT2D eigenvalue weighted by Crippen LogP contribution is 2.16.